The molecule has 0 aliphatic rings. The molecule has 1 radical (unpaired) electrons. The number of quaternary nitrogens is 1. The monoisotopic (exact) mass is 160 g/mol. The summed E-state index contributed by atoms with van der Waals surface area (Å²) in [5.74, 6) is -0.217. The maximum atomic E-state index is 10.6. The molecule has 0 aromatic rings. The van der Waals surface area contributed by atoms with Crippen LogP contribution in [0.3, 0.4) is 0 Å². The lowest BCUT2D eigenvalue weighted by molar-refractivity contribution is -1.06. The average molecular weight is 160 g/mol. The Balaban J connectivity index is 3.70. The van der Waals surface area contributed by atoms with E-state index in [0.717, 1.165) is 19.4 Å². The third-order valence-electron chi connectivity index (χ3n) is 1.43. The maximum absolute atomic E-state index is 10.6. The number of hydrogen-bond acceptors (Lipinski definition) is 2. The predicted octanol–water partition coefficient (Wildman–Crippen LogP) is 1.34. The van der Waals surface area contributed by atoms with Crippen molar-refractivity contribution in [1.82, 2.24) is 0 Å². The molecule has 0 saturated carbocycles. The summed E-state index contributed by atoms with van der Waals surface area (Å²) in [6, 6.07) is 0. The summed E-state index contributed by atoms with van der Waals surface area (Å²) < 4.78 is 0.336. The van der Waals surface area contributed by atoms with Gasteiger partial charge in [0.2, 0.25) is 0 Å². The third kappa shape index (κ3) is 5.85. The molecule has 65 valence electrons. The fourth-order valence-corrected chi connectivity index (χ4v) is 0.933. The zero-order chi connectivity index (χ0) is 8.91. The van der Waals surface area contributed by atoms with Gasteiger partial charge in [-0.2, -0.15) is 0 Å². The summed E-state index contributed by atoms with van der Waals surface area (Å²) in [5, 5.41) is 0. The van der Waals surface area contributed by atoms with Gasteiger partial charge in [0.05, 0.1) is 4.79 Å². The van der Waals surface area contributed by atoms with Crippen LogP contribution < -0.4 is 0 Å². The van der Waals surface area contributed by atoms with Gasteiger partial charge in [0, 0.05) is 6.42 Å². The van der Waals surface area contributed by atoms with Crippen molar-refractivity contribution in [3.05, 3.63) is 0 Å². The number of unbranched alkanes of at least 4 members (excludes halogenated alkanes) is 1. The highest BCUT2D eigenvalue weighted by atomic mass is 16.7. The Kier molecular flexibility index (Phi) is 4.11. The Morgan fingerprint density at radius 2 is 2.00 bits per heavy atom. The molecule has 11 heavy (non-hydrogen) atoms. The molecule has 0 aromatic carbocycles. The molecule has 3 heteroatoms. The van der Waals surface area contributed by atoms with Crippen molar-refractivity contribution < 1.29 is 14.3 Å². The molecule has 0 saturated heterocycles. The van der Waals surface area contributed by atoms with Crippen LogP contribution in [0.25, 0.3) is 0 Å². The third-order valence-corrected chi connectivity index (χ3v) is 1.43. The minimum absolute atomic E-state index is 0.217. The lowest BCUT2D eigenvalue weighted by Crippen LogP contribution is -2.41. The van der Waals surface area contributed by atoms with E-state index >= 15 is 0 Å². The van der Waals surface area contributed by atoms with Gasteiger partial charge in [-0.05, 0) is 0 Å². The second kappa shape index (κ2) is 4.34. The highest BCUT2D eigenvalue weighted by Gasteiger charge is 2.28. The van der Waals surface area contributed by atoms with Gasteiger partial charge in [0.15, 0.2) is 0 Å². The number of carbonyl (C=O) groups is 1. The number of nitrogens with zero attached hydrogens (tertiary/aromatic N) is 1. The second-order valence-electron chi connectivity index (χ2n) is 3.23. The van der Waals surface area contributed by atoms with E-state index in [1.807, 2.05) is 14.1 Å². The van der Waals surface area contributed by atoms with Crippen molar-refractivity contribution in [2.75, 3.05) is 20.6 Å². The van der Waals surface area contributed by atoms with E-state index in [-0.39, 0.29) is 5.97 Å². The molecule has 0 rings (SSSR count). The quantitative estimate of drug-likeness (QED) is 0.353. The van der Waals surface area contributed by atoms with Crippen LogP contribution in [0.1, 0.15) is 26.7 Å². The minimum atomic E-state index is -0.217. The molecule has 0 aromatic heterocycles. The zero-order valence-electron chi connectivity index (χ0n) is 7.89. The summed E-state index contributed by atoms with van der Waals surface area (Å²) in [5.41, 5.74) is 0. The molecule has 0 unspecified atom stereocenters. The first-order chi connectivity index (χ1) is 4.98. The number of hydroxylamine groups is 3. The Morgan fingerprint density at radius 3 is 2.36 bits per heavy atom. The number of carbonyl (C=O) groups excluding carboxylic acids is 1. The summed E-state index contributed by atoms with van der Waals surface area (Å²) in [6.07, 6.45) is 2.21. The van der Waals surface area contributed by atoms with Crippen molar-refractivity contribution in [2.24, 2.45) is 0 Å². The first-order valence-electron chi connectivity index (χ1n) is 4.01. The summed E-state index contributed by atoms with van der Waals surface area (Å²) in [4.78, 5) is 15.6. The second-order valence-corrected chi connectivity index (χ2v) is 3.23. The van der Waals surface area contributed by atoms with Crippen LogP contribution in [0, 0.1) is 0 Å². The van der Waals surface area contributed by atoms with Crippen molar-refractivity contribution in [1.29, 1.82) is 0 Å². The smallest absolute Gasteiger partial charge is 0.0872 e. The van der Waals surface area contributed by atoms with Gasteiger partial charge >= 0.3 is 5.97 Å². The normalized spacial score (nSPS) is 11.3. The summed E-state index contributed by atoms with van der Waals surface area (Å²) in [6.45, 7) is 4.44. The molecule has 0 aliphatic heterocycles. The summed E-state index contributed by atoms with van der Waals surface area (Å²) >= 11 is 0. The topological polar surface area (TPSA) is 29.1 Å². The van der Waals surface area contributed by atoms with E-state index in [2.05, 4.69) is 6.92 Å². The van der Waals surface area contributed by atoms with E-state index in [0.29, 0.717) is 4.65 Å². The van der Waals surface area contributed by atoms with Gasteiger partial charge in [-0.25, -0.2) is 0 Å². The predicted molar refractivity (Wildman–Crippen MR) is 43.6 cm³/mol. The molecule has 0 aliphatic carbocycles. The van der Waals surface area contributed by atoms with Crippen molar-refractivity contribution in [2.45, 2.75) is 26.7 Å². The molecule has 0 bridgehead atoms. The molecule has 0 spiro atoms. The van der Waals surface area contributed by atoms with Crippen molar-refractivity contribution >= 4 is 5.97 Å². The molecule has 0 atom stereocenters. The van der Waals surface area contributed by atoms with Crippen LogP contribution in [-0.2, 0) is 9.63 Å². The van der Waals surface area contributed by atoms with E-state index in [4.69, 9.17) is 4.84 Å². The Bertz CT molecular complexity index is 132. The van der Waals surface area contributed by atoms with Gasteiger partial charge in [0.1, 0.15) is 27.6 Å². The molecular weight excluding hydrogens is 142 g/mol. The Morgan fingerprint density at radius 1 is 1.45 bits per heavy atom. The van der Waals surface area contributed by atoms with Crippen LogP contribution in [-0.4, -0.2) is 31.3 Å². The lowest BCUT2D eigenvalue weighted by atomic mass is 10.3. The minimum Gasteiger partial charge on any atom is -0.0872 e. The van der Waals surface area contributed by atoms with E-state index in [1.54, 1.807) is 0 Å². The van der Waals surface area contributed by atoms with Gasteiger partial charge in [-0.15, -0.1) is 0 Å². The number of rotatable bonds is 4. The molecule has 0 heterocycles. The van der Waals surface area contributed by atoms with Gasteiger partial charge < -0.3 is 0 Å². The van der Waals surface area contributed by atoms with Crippen molar-refractivity contribution in [3.63, 3.8) is 0 Å². The standard InChI is InChI=1S/C8H18NO2/c1-5-6-7-9(3,4)11-8(2)10/h5-7H2,1-4H3/q+2. The molecule has 3 nitrogen and oxygen atoms in total. The first-order valence-corrected chi connectivity index (χ1v) is 4.01. The zero-order valence-corrected chi connectivity index (χ0v) is 7.89. The van der Waals surface area contributed by atoms with Crippen LogP contribution in [0.4, 0.5) is 0 Å². The highest BCUT2D eigenvalue weighted by Crippen LogP contribution is 2.02. The molecular formula is C8H18NO2+2. The van der Waals surface area contributed by atoms with E-state index in [9.17, 15) is 4.79 Å². The Hall–Kier alpha value is -0.570. The van der Waals surface area contributed by atoms with Gasteiger partial charge in [0.25, 0.3) is 0 Å². The SMILES string of the molecule is CCCC[N+](C)(C)OC(C)=[O+]. The van der Waals surface area contributed by atoms with Crippen LogP contribution in [0.2, 0.25) is 0 Å². The van der Waals surface area contributed by atoms with Crippen molar-refractivity contribution in [3.8, 4) is 0 Å². The average Bonchev–Trinajstić information content (AvgIpc) is 1.81. The van der Waals surface area contributed by atoms with Crippen LogP contribution in [0.15, 0.2) is 0 Å². The molecule has 0 fully saturated rings. The van der Waals surface area contributed by atoms with E-state index in [1.165, 1.54) is 6.92 Å². The lowest BCUT2D eigenvalue weighted by Gasteiger charge is -2.16. The summed E-state index contributed by atoms with van der Waals surface area (Å²) in [7, 11) is 3.77. The largest absolute Gasteiger partial charge is 0.635 e. The first kappa shape index (κ1) is 10.4. The fraction of sp³-hybridized carbons (Fsp3) is 0.875. The maximum Gasteiger partial charge on any atom is 0.635 e. The molecule has 0 N–H and O–H groups in total. The number of hydrogen-bond donors (Lipinski definition) is 0. The Labute approximate surface area is 68.5 Å². The fourth-order valence-electron chi connectivity index (χ4n) is 0.933. The highest BCUT2D eigenvalue weighted by molar-refractivity contribution is 5.65. The van der Waals surface area contributed by atoms with Crippen LogP contribution >= 0.6 is 0 Å². The van der Waals surface area contributed by atoms with Gasteiger partial charge in [-0.1, -0.05) is 22.8 Å². The van der Waals surface area contributed by atoms with Gasteiger partial charge in [-0.3, -0.25) is 0 Å². The van der Waals surface area contributed by atoms with Crippen LogP contribution in [0.5, 0.6) is 0 Å². The molecule has 0 amide bonds. The van der Waals surface area contributed by atoms with E-state index < -0.39 is 0 Å².